The van der Waals surface area contributed by atoms with Crippen LogP contribution >= 0.6 is 11.3 Å². The molecule has 0 saturated heterocycles. The first kappa shape index (κ1) is 13.6. The van der Waals surface area contributed by atoms with Gasteiger partial charge in [0.1, 0.15) is 0 Å². The molecule has 3 aromatic rings. The average Bonchev–Trinajstić information content (AvgIpc) is 3.14. The molecule has 0 saturated carbocycles. The number of anilines is 1. The maximum absolute atomic E-state index is 12.1. The van der Waals surface area contributed by atoms with Gasteiger partial charge in [0, 0.05) is 31.0 Å². The molecule has 0 bridgehead atoms. The lowest BCUT2D eigenvalue weighted by molar-refractivity contribution is 0.0954. The molecule has 0 aliphatic carbocycles. The van der Waals surface area contributed by atoms with Crippen LogP contribution in [0.25, 0.3) is 11.0 Å². The molecule has 0 spiro atoms. The molecule has 2 aromatic heterocycles. The molecule has 3 N–H and O–H groups in total. The lowest BCUT2D eigenvalue weighted by atomic mass is 10.2. The molecule has 1 aromatic carbocycles. The highest BCUT2D eigenvalue weighted by Gasteiger charge is 2.07. The van der Waals surface area contributed by atoms with Gasteiger partial charge in [-0.3, -0.25) is 4.79 Å². The minimum Gasteiger partial charge on any atom is -0.365 e. The third-order valence-electron chi connectivity index (χ3n) is 3.11. The molecule has 6 nitrogen and oxygen atoms in total. The van der Waals surface area contributed by atoms with E-state index in [-0.39, 0.29) is 5.91 Å². The van der Waals surface area contributed by atoms with Crippen molar-refractivity contribution in [3.63, 3.8) is 0 Å². The number of amides is 1. The first-order valence-electron chi connectivity index (χ1n) is 6.60. The summed E-state index contributed by atoms with van der Waals surface area (Å²) in [5.74, 6) is -0.0874. The molecule has 7 heteroatoms. The van der Waals surface area contributed by atoms with Crippen LogP contribution in [0.4, 0.5) is 5.13 Å². The number of carbonyl (C=O) groups is 1. The molecule has 108 valence electrons. The molecule has 0 aliphatic heterocycles. The summed E-state index contributed by atoms with van der Waals surface area (Å²) in [7, 11) is 1.84. The molecular formula is C14H15N5OS. The molecular weight excluding hydrogens is 286 g/mol. The van der Waals surface area contributed by atoms with Crippen molar-refractivity contribution in [2.45, 2.75) is 6.42 Å². The number of rotatable bonds is 5. The highest BCUT2D eigenvalue weighted by molar-refractivity contribution is 7.13. The molecule has 1 amide bonds. The quantitative estimate of drug-likeness (QED) is 0.673. The van der Waals surface area contributed by atoms with E-state index in [0.29, 0.717) is 12.1 Å². The van der Waals surface area contributed by atoms with Gasteiger partial charge < -0.3 is 15.6 Å². The average molecular weight is 301 g/mol. The second-order valence-electron chi connectivity index (χ2n) is 4.53. The normalized spacial score (nSPS) is 10.7. The fourth-order valence-corrected chi connectivity index (χ4v) is 2.73. The van der Waals surface area contributed by atoms with Gasteiger partial charge in [-0.05, 0) is 18.2 Å². The van der Waals surface area contributed by atoms with Gasteiger partial charge in [0.15, 0.2) is 5.13 Å². The number of hydrogen-bond donors (Lipinski definition) is 3. The van der Waals surface area contributed by atoms with Crippen molar-refractivity contribution in [1.29, 1.82) is 0 Å². The van der Waals surface area contributed by atoms with Crippen LogP contribution in [-0.4, -0.2) is 34.5 Å². The first-order chi connectivity index (χ1) is 10.3. The minimum atomic E-state index is -0.0874. The number of nitrogens with one attached hydrogen (secondary N) is 3. The van der Waals surface area contributed by atoms with Crippen LogP contribution in [0.3, 0.4) is 0 Å². The minimum absolute atomic E-state index is 0.0874. The predicted molar refractivity (Wildman–Crippen MR) is 83.8 cm³/mol. The number of aromatic nitrogens is 3. The topological polar surface area (TPSA) is 82.7 Å². The zero-order valence-electron chi connectivity index (χ0n) is 11.5. The maximum atomic E-state index is 12.1. The van der Waals surface area contributed by atoms with Crippen LogP contribution in [0.2, 0.25) is 0 Å². The van der Waals surface area contributed by atoms with Gasteiger partial charge in [-0.2, -0.15) is 0 Å². The van der Waals surface area contributed by atoms with Gasteiger partial charge in [-0.25, -0.2) is 9.97 Å². The van der Waals surface area contributed by atoms with Crippen LogP contribution in [0.15, 0.2) is 29.9 Å². The second-order valence-corrected chi connectivity index (χ2v) is 5.39. The summed E-state index contributed by atoms with van der Waals surface area (Å²) < 4.78 is 0. The van der Waals surface area contributed by atoms with Crippen molar-refractivity contribution in [3.8, 4) is 0 Å². The first-order valence-corrected chi connectivity index (χ1v) is 7.48. The fraction of sp³-hybridized carbons (Fsp3) is 0.214. The van der Waals surface area contributed by atoms with Crippen molar-refractivity contribution in [3.05, 3.63) is 41.2 Å². The van der Waals surface area contributed by atoms with Crippen molar-refractivity contribution >= 4 is 33.4 Å². The van der Waals surface area contributed by atoms with Crippen molar-refractivity contribution in [1.82, 2.24) is 20.3 Å². The summed E-state index contributed by atoms with van der Waals surface area (Å²) in [6, 6.07) is 5.42. The Balaban J connectivity index is 1.58. The number of fused-ring (bicyclic) bond motifs is 1. The summed E-state index contributed by atoms with van der Waals surface area (Å²) in [4.78, 5) is 23.6. The molecule has 2 heterocycles. The smallest absolute Gasteiger partial charge is 0.251 e. The summed E-state index contributed by atoms with van der Waals surface area (Å²) in [6.07, 6.45) is 2.34. The van der Waals surface area contributed by atoms with E-state index >= 15 is 0 Å². The highest BCUT2D eigenvalue weighted by Crippen LogP contribution is 2.14. The van der Waals surface area contributed by atoms with E-state index in [2.05, 4.69) is 25.6 Å². The van der Waals surface area contributed by atoms with Crippen LogP contribution in [0.1, 0.15) is 16.1 Å². The van der Waals surface area contributed by atoms with Crippen molar-refractivity contribution in [2.24, 2.45) is 0 Å². The highest BCUT2D eigenvalue weighted by atomic mass is 32.1. The molecule has 0 atom stereocenters. The lowest BCUT2D eigenvalue weighted by Crippen LogP contribution is -2.25. The van der Waals surface area contributed by atoms with Crippen LogP contribution < -0.4 is 10.6 Å². The largest absolute Gasteiger partial charge is 0.365 e. The Kier molecular flexibility index (Phi) is 3.83. The molecule has 0 aliphatic rings. The summed E-state index contributed by atoms with van der Waals surface area (Å²) in [5, 5.41) is 8.78. The van der Waals surface area contributed by atoms with Crippen molar-refractivity contribution in [2.75, 3.05) is 18.9 Å². The van der Waals surface area contributed by atoms with Gasteiger partial charge >= 0.3 is 0 Å². The molecule has 0 fully saturated rings. The molecule has 21 heavy (non-hydrogen) atoms. The van der Waals surface area contributed by atoms with Crippen LogP contribution in [-0.2, 0) is 6.42 Å². The monoisotopic (exact) mass is 301 g/mol. The maximum Gasteiger partial charge on any atom is 0.251 e. The van der Waals surface area contributed by atoms with E-state index in [1.165, 1.54) is 0 Å². The molecule has 3 rings (SSSR count). The predicted octanol–water partition coefficient (Wildman–Crippen LogP) is 2.03. The number of thiazole rings is 1. The number of carbonyl (C=O) groups excluding carboxylic acids is 1. The number of hydrogen-bond acceptors (Lipinski definition) is 5. The van der Waals surface area contributed by atoms with E-state index in [1.807, 2.05) is 18.5 Å². The van der Waals surface area contributed by atoms with E-state index in [0.717, 1.165) is 28.3 Å². The van der Waals surface area contributed by atoms with E-state index in [4.69, 9.17) is 0 Å². The number of nitrogens with zero attached hydrogens (tertiary/aromatic N) is 2. The third-order valence-corrected chi connectivity index (χ3v) is 4.02. The van der Waals surface area contributed by atoms with Crippen molar-refractivity contribution < 1.29 is 4.79 Å². The molecule has 0 unspecified atom stereocenters. The molecule has 0 radical (unpaired) electrons. The zero-order valence-corrected chi connectivity index (χ0v) is 12.3. The Morgan fingerprint density at radius 1 is 1.43 bits per heavy atom. The number of aromatic amines is 1. The van der Waals surface area contributed by atoms with E-state index < -0.39 is 0 Å². The standard InChI is InChI=1S/C14H15N5OS/c1-15-14-19-10(7-21-14)4-5-16-13(20)9-2-3-11-12(6-9)18-8-17-11/h2-3,6-8H,4-5H2,1H3,(H,15,19)(H,16,20)(H,17,18). The van der Waals surface area contributed by atoms with Crippen LogP contribution in [0, 0.1) is 0 Å². The Bertz CT molecular complexity index is 763. The van der Waals surface area contributed by atoms with Gasteiger partial charge in [0.05, 0.1) is 23.1 Å². The number of imidazole rings is 1. The fourth-order valence-electron chi connectivity index (χ4n) is 2.02. The Labute approximate surface area is 125 Å². The van der Waals surface area contributed by atoms with Gasteiger partial charge in [-0.1, -0.05) is 0 Å². The second kappa shape index (κ2) is 5.92. The zero-order chi connectivity index (χ0) is 14.7. The third kappa shape index (κ3) is 3.03. The van der Waals surface area contributed by atoms with E-state index in [1.54, 1.807) is 29.8 Å². The Hall–Kier alpha value is -2.41. The lowest BCUT2D eigenvalue weighted by Gasteiger charge is -2.04. The van der Waals surface area contributed by atoms with Gasteiger partial charge in [0.25, 0.3) is 5.91 Å². The Morgan fingerprint density at radius 3 is 3.14 bits per heavy atom. The Morgan fingerprint density at radius 2 is 2.33 bits per heavy atom. The number of benzene rings is 1. The van der Waals surface area contributed by atoms with E-state index in [9.17, 15) is 4.79 Å². The van der Waals surface area contributed by atoms with Gasteiger partial charge in [0.2, 0.25) is 0 Å². The summed E-state index contributed by atoms with van der Waals surface area (Å²) in [6.45, 7) is 0.562. The van der Waals surface area contributed by atoms with Crippen LogP contribution in [0.5, 0.6) is 0 Å². The number of H-pyrrole nitrogens is 1. The summed E-state index contributed by atoms with van der Waals surface area (Å²) >= 11 is 1.56. The SMILES string of the molecule is CNc1nc(CCNC(=O)c2ccc3nc[nH]c3c2)cs1. The summed E-state index contributed by atoms with van der Waals surface area (Å²) in [5.41, 5.74) is 3.32. The van der Waals surface area contributed by atoms with Gasteiger partial charge in [-0.15, -0.1) is 11.3 Å².